The standard InChI is InChI=1S/C20H28N4O/c1-21-20(24(3)14-18-8-6-12-23(18)2)22-13-17-7-4-5-9-19(17)25-15-16-10-11-16/h4-9,12,16H,10-11,13-15H2,1-3H3,(H,21,22). The summed E-state index contributed by atoms with van der Waals surface area (Å²) >= 11 is 0. The predicted molar refractivity (Wildman–Crippen MR) is 102 cm³/mol. The minimum Gasteiger partial charge on any atom is -0.493 e. The molecule has 1 aliphatic carbocycles. The molecular formula is C20H28N4O. The Morgan fingerprint density at radius 1 is 1.28 bits per heavy atom. The Labute approximate surface area is 150 Å². The molecule has 134 valence electrons. The van der Waals surface area contributed by atoms with Crippen molar-refractivity contribution in [3.05, 3.63) is 53.9 Å². The van der Waals surface area contributed by atoms with Crippen molar-refractivity contribution >= 4 is 5.96 Å². The van der Waals surface area contributed by atoms with Gasteiger partial charge in [0.15, 0.2) is 5.96 Å². The van der Waals surface area contributed by atoms with Gasteiger partial charge in [-0.2, -0.15) is 0 Å². The Bertz CT molecular complexity index is 718. The number of nitrogens with one attached hydrogen (secondary N) is 1. The van der Waals surface area contributed by atoms with Crippen LogP contribution < -0.4 is 10.1 Å². The van der Waals surface area contributed by atoms with Gasteiger partial charge in [0.1, 0.15) is 5.75 Å². The maximum atomic E-state index is 5.99. The monoisotopic (exact) mass is 340 g/mol. The van der Waals surface area contributed by atoms with Crippen LogP contribution in [0, 0.1) is 5.92 Å². The first kappa shape index (κ1) is 17.4. The van der Waals surface area contributed by atoms with Crippen LogP contribution in [0.4, 0.5) is 0 Å². The third-order valence-electron chi connectivity index (χ3n) is 4.60. The number of nitrogens with zero attached hydrogens (tertiary/aromatic N) is 3. The molecule has 0 radical (unpaired) electrons. The van der Waals surface area contributed by atoms with Crippen LogP contribution in [-0.2, 0) is 20.1 Å². The predicted octanol–water partition coefficient (Wildman–Crippen LogP) is 3.02. The second kappa shape index (κ2) is 8.10. The Morgan fingerprint density at radius 3 is 2.76 bits per heavy atom. The van der Waals surface area contributed by atoms with Crippen LogP contribution in [0.15, 0.2) is 47.6 Å². The fourth-order valence-electron chi connectivity index (χ4n) is 2.82. The molecule has 3 rings (SSSR count). The number of guanidine groups is 1. The van der Waals surface area contributed by atoms with E-state index in [0.717, 1.165) is 36.3 Å². The summed E-state index contributed by atoms with van der Waals surface area (Å²) in [6.07, 6.45) is 4.67. The van der Waals surface area contributed by atoms with Gasteiger partial charge in [-0.05, 0) is 37.0 Å². The fourth-order valence-corrected chi connectivity index (χ4v) is 2.82. The third-order valence-corrected chi connectivity index (χ3v) is 4.60. The maximum Gasteiger partial charge on any atom is 0.194 e. The molecule has 1 aromatic heterocycles. The number of hydrogen-bond acceptors (Lipinski definition) is 2. The lowest BCUT2D eigenvalue weighted by molar-refractivity contribution is 0.296. The van der Waals surface area contributed by atoms with E-state index >= 15 is 0 Å². The van der Waals surface area contributed by atoms with E-state index in [9.17, 15) is 0 Å². The Kier molecular flexibility index (Phi) is 5.64. The van der Waals surface area contributed by atoms with E-state index in [2.05, 4.69) is 70.4 Å². The highest BCUT2D eigenvalue weighted by Crippen LogP contribution is 2.30. The lowest BCUT2D eigenvalue weighted by Crippen LogP contribution is -2.38. The summed E-state index contributed by atoms with van der Waals surface area (Å²) < 4.78 is 8.12. The fraction of sp³-hybridized carbons (Fsp3) is 0.450. The van der Waals surface area contributed by atoms with Crippen molar-refractivity contribution in [2.75, 3.05) is 20.7 Å². The molecule has 0 atom stereocenters. The van der Waals surface area contributed by atoms with Crippen molar-refractivity contribution in [2.24, 2.45) is 18.0 Å². The van der Waals surface area contributed by atoms with Gasteiger partial charge < -0.3 is 19.5 Å². The van der Waals surface area contributed by atoms with E-state index in [0.29, 0.717) is 6.54 Å². The molecule has 5 nitrogen and oxygen atoms in total. The Morgan fingerprint density at radius 2 is 2.08 bits per heavy atom. The van der Waals surface area contributed by atoms with Crippen LogP contribution in [-0.4, -0.2) is 36.1 Å². The number of benzene rings is 1. The molecule has 0 bridgehead atoms. The first-order valence-electron chi connectivity index (χ1n) is 8.90. The summed E-state index contributed by atoms with van der Waals surface area (Å²) in [5.74, 6) is 2.60. The third kappa shape index (κ3) is 4.78. The molecule has 0 spiro atoms. The average Bonchev–Trinajstić information content (AvgIpc) is 3.37. The molecule has 0 unspecified atom stereocenters. The van der Waals surface area contributed by atoms with Crippen LogP contribution in [0.3, 0.4) is 0 Å². The molecule has 5 heteroatoms. The minimum absolute atomic E-state index is 0.699. The van der Waals surface area contributed by atoms with Gasteiger partial charge in [0.05, 0.1) is 13.2 Å². The summed E-state index contributed by atoms with van der Waals surface area (Å²) in [7, 11) is 5.93. The number of ether oxygens (including phenoxy) is 1. The van der Waals surface area contributed by atoms with Crippen LogP contribution in [0.1, 0.15) is 24.1 Å². The SMILES string of the molecule is CN=C(NCc1ccccc1OCC1CC1)N(C)Cc1cccn1C. The largest absolute Gasteiger partial charge is 0.493 e. The van der Waals surface area contributed by atoms with E-state index in [1.807, 2.05) is 13.1 Å². The molecule has 1 heterocycles. The molecule has 0 saturated heterocycles. The van der Waals surface area contributed by atoms with E-state index in [1.54, 1.807) is 0 Å². The highest BCUT2D eigenvalue weighted by atomic mass is 16.5. The quantitative estimate of drug-likeness (QED) is 0.622. The lowest BCUT2D eigenvalue weighted by atomic mass is 10.2. The zero-order chi connectivity index (χ0) is 17.6. The number of hydrogen-bond donors (Lipinski definition) is 1. The maximum absolute atomic E-state index is 5.99. The second-order valence-electron chi connectivity index (χ2n) is 6.73. The number of aryl methyl sites for hydroxylation is 1. The molecule has 1 saturated carbocycles. The molecule has 2 aromatic rings. The summed E-state index contributed by atoms with van der Waals surface area (Å²) in [5.41, 5.74) is 2.41. The normalized spacial score (nSPS) is 14.4. The van der Waals surface area contributed by atoms with Crippen molar-refractivity contribution in [2.45, 2.75) is 25.9 Å². The van der Waals surface area contributed by atoms with Crippen LogP contribution in [0.5, 0.6) is 5.75 Å². The van der Waals surface area contributed by atoms with Gasteiger partial charge >= 0.3 is 0 Å². The smallest absolute Gasteiger partial charge is 0.194 e. The van der Waals surface area contributed by atoms with Crippen molar-refractivity contribution in [1.82, 2.24) is 14.8 Å². The van der Waals surface area contributed by atoms with Gasteiger partial charge in [0.2, 0.25) is 0 Å². The minimum atomic E-state index is 0.699. The molecule has 25 heavy (non-hydrogen) atoms. The van der Waals surface area contributed by atoms with Crippen LogP contribution in [0.2, 0.25) is 0 Å². The first-order chi connectivity index (χ1) is 12.2. The Balaban J connectivity index is 1.58. The molecule has 1 fully saturated rings. The zero-order valence-electron chi connectivity index (χ0n) is 15.4. The average molecular weight is 340 g/mol. The summed E-state index contributed by atoms with van der Waals surface area (Å²) in [6.45, 7) is 2.34. The van der Waals surface area contributed by atoms with Gasteiger partial charge in [-0.15, -0.1) is 0 Å². The van der Waals surface area contributed by atoms with Gasteiger partial charge in [-0.25, -0.2) is 0 Å². The van der Waals surface area contributed by atoms with Gasteiger partial charge in [-0.1, -0.05) is 18.2 Å². The number of aromatic nitrogens is 1. The molecule has 0 amide bonds. The van der Waals surface area contributed by atoms with Crippen molar-refractivity contribution in [1.29, 1.82) is 0 Å². The Hall–Kier alpha value is -2.43. The number of rotatable bonds is 7. The van der Waals surface area contributed by atoms with E-state index in [4.69, 9.17) is 4.74 Å². The zero-order valence-corrected chi connectivity index (χ0v) is 15.4. The van der Waals surface area contributed by atoms with Gasteiger partial charge in [0, 0.05) is 45.1 Å². The molecule has 1 aliphatic rings. The highest BCUT2D eigenvalue weighted by molar-refractivity contribution is 5.79. The molecule has 1 N–H and O–H groups in total. The summed E-state index contributed by atoms with van der Waals surface area (Å²) in [5, 5.41) is 3.45. The van der Waals surface area contributed by atoms with Crippen LogP contribution >= 0.6 is 0 Å². The molecule has 0 aliphatic heterocycles. The van der Waals surface area contributed by atoms with Gasteiger partial charge in [-0.3, -0.25) is 4.99 Å². The first-order valence-corrected chi connectivity index (χ1v) is 8.90. The molecule has 1 aromatic carbocycles. The highest BCUT2D eigenvalue weighted by Gasteiger charge is 2.22. The summed E-state index contributed by atoms with van der Waals surface area (Å²) in [4.78, 5) is 6.54. The lowest BCUT2D eigenvalue weighted by Gasteiger charge is -2.23. The second-order valence-corrected chi connectivity index (χ2v) is 6.73. The topological polar surface area (TPSA) is 41.8 Å². The van der Waals surface area contributed by atoms with Crippen molar-refractivity contribution in [3.63, 3.8) is 0 Å². The van der Waals surface area contributed by atoms with E-state index < -0.39 is 0 Å². The number of aliphatic imine (C=N–C) groups is 1. The van der Waals surface area contributed by atoms with Crippen molar-refractivity contribution < 1.29 is 4.74 Å². The van der Waals surface area contributed by atoms with Crippen molar-refractivity contribution in [3.8, 4) is 5.75 Å². The number of para-hydroxylation sites is 1. The van der Waals surface area contributed by atoms with E-state index in [-0.39, 0.29) is 0 Å². The molecular weight excluding hydrogens is 312 g/mol. The summed E-state index contributed by atoms with van der Waals surface area (Å²) in [6, 6.07) is 12.4. The van der Waals surface area contributed by atoms with Gasteiger partial charge in [0.25, 0.3) is 0 Å². The van der Waals surface area contributed by atoms with E-state index in [1.165, 1.54) is 18.5 Å². The van der Waals surface area contributed by atoms with Crippen LogP contribution in [0.25, 0.3) is 0 Å².